The molecule has 0 radical (unpaired) electrons. The van der Waals surface area contributed by atoms with Crippen LogP contribution >= 0.6 is 0 Å². The van der Waals surface area contributed by atoms with E-state index in [-0.39, 0.29) is 23.7 Å². The number of carbonyl (C=O) groups is 2. The first-order valence-electron chi connectivity index (χ1n) is 8.76. The average Bonchev–Trinajstić information content (AvgIpc) is 2.51. The lowest BCUT2D eigenvalue weighted by Crippen LogP contribution is -2.53. The molecule has 2 aliphatic heterocycles. The van der Waals surface area contributed by atoms with Crippen molar-refractivity contribution in [2.75, 3.05) is 0 Å². The Hall–Kier alpha value is -2.17. The van der Waals surface area contributed by atoms with Crippen LogP contribution in [0.2, 0.25) is 0 Å². The van der Waals surface area contributed by atoms with Crippen LogP contribution in [0.5, 0.6) is 0 Å². The van der Waals surface area contributed by atoms with Crippen molar-refractivity contribution < 1.29 is 18.7 Å². The maximum absolute atomic E-state index is 13.9. The van der Waals surface area contributed by atoms with E-state index in [1.807, 2.05) is 31.7 Å². The number of hydrogen-bond donors (Lipinski definition) is 0. The van der Waals surface area contributed by atoms with Crippen LogP contribution < -0.4 is 0 Å². The van der Waals surface area contributed by atoms with Gasteiger partial charge in [-0.15, -0.1) is 0 Å². The van der Waals surface area contributed by atoms with Gasteiger partial charge in [-0.2, -0.15) is 0 Å². The number of halogens is 1. The second-order valence-electron chi connectivity index (χ2n) is 7.75. The molecule has 2 bridgehead atoms. The van der Waals surface area contributed by atoms with Gasteiger partial charge >= 0.3 is 6.09 Å². The minimum atomic E-state index is -0.539. The second-order valence-corrected chi connectivity index (χ2v) is 7.75. The van der Waals surface area contributed by atoms with Gasteiger partial charge in [0.2, 0.25) is 0 Å². The number of piperidine rings is 1. The fourth-order valence-electron chi connectivity index (χ4n) is 3.77. The minimum Gasteiger partial charge on any atom is -0.444 e. The second kappa shape index (κ2) is 6.62. The van der Waals surface area contributed by atoms with Crippen molar-refractivity contribution in [1.29, 1.82) is 0 Å². The van der Waals surface area contributed by atoms with Crippen LogP contribution in [-0.2, 0) is 4.74 Å². The van der Waals surface area contributed by atoms with E-state index in [0.717, 1.165) is 24.8 Å². The van der Waals surface area contributed by atoms with Crippen LogP contribution in [0, 0.1) is 5.82 Å². The van der Waals surface area contributed by atoms with Crippen molar-refractivity contribution in [2.45, 2.75) is 64.1 Å². The molecule has 2 aliphatic rings. The van der Waals surface area contributed by atoms with E-state index in [2.05, 4.69) is 0 Å². The van der Waals surface area contributed by atoms with E-state index in [1.54, 1.807) is 12.1 Å². The molecular formula is C20H24FNO3. The molecular weight excluding hydrogens is 321 g/mol. The zero-order valence-corrected chi connectivity index (χ0v) is 14.9. The highest BCUT2D eigenvalue weighted by Crippen LogP contribution is 2.38. The molecule has 0 spiro atoms. The van der Waals surface area contributed by atoms with E-state index < -0.39 is 11.4 Å². The Bertz CT molecular complexity index is 720. The van der Waals surface area contributed by atoms with Crippen molar-refractivity contribution in [2.24, 2.45) is 0 Å². The third-order valence-corrected chi connectivity index (χ3v) is 4.76. The van der Waals surface area contributed by atoms with Gasteiger partial charge in [0.1, 0.15) is 11.4 Å². The molecule has 4 nitrogen and oxygen atoms in total. The van der Waals surface area contributed by atoms with Crippen molar-refractivity contribution in [3.63, 3.8) is 0 Å². The van der Waals surface area contributed by atoms with E-state index in [4.69, 9.17) is 4.74 Å². The fraction of sp³-hybridized carbons (Fsp3) is 0.500. The number of amides is 1. The number of fused-ring (bicyclic) bond motifs is 2. The lowest BCUT2D eigenvalue weighted by Gasteiger charge is -2.45. The van der Waals surface area contributed by atoms with Gasteiger partial charge in [0.15, 0.2) is 6.29 Å². The van der Waals surface area contributed by atoms with Crippen LogP contribution in [0.3, 0.4) is 0 Å². The Morgan fingerprint density at radius 2 is 2.08 bits per heavy atom. The highest BCUT2D eigenvalue weighted by atomic mass is 19.1. The molecule has 1 aromatic rings. The first kappa shape index (κ1) is 17.6. The van der Waals surface area contributed by atoms with Gasteiger partial charge in [-0.3, -0.25) is 9.69 Å². The highest BCUT2D eigenvalue weighted by Gasteiger charge is 2.39. The maximum atomic E-state index is 13.9. The van der Waals surface area contributed by atoms with Gasteiger partial charge in [-0.05, 0) is 63.7 Å². The summed E-state index contributed by atoms with van der Waals surface area (Å²) in [5.74, 6) is -0.506. The SMILES string of the molecule is CC(C)(C)OC(=O)N1C2C=C(c3cccc(F)c3C=O)CC1CCC2. The van der Waals surface area contributed by atoms with Gasteiger partial charge in [0, 0.05) is 6.04 Å². The zero-order valence-electron chi connectivity index (χ0n) is 14.9. The highest BCUT2D eigenvalue weighted by molar-refractivity contribution is 5.87. The molecule has 134 valence electrons. The average molecular weight is 345 g/mol. The number of carbonyl (C=O) groups excluding carboxylic acids is 2. The van der Waals surface area contributed by atoms with Gasteiger partial charge < -0.3 is 4.74 Å². The summed E-state index contributed by atoms with van der Waals surface area (Å²) in [5, 5.41) is 0. The minimum absolute atomic E-state index is 0.0244. The summed E-state index contributed by atoms with van der Waals surface area (Å²) in [4.78, 5) is 25.7. The predicted octanol–water partition coefficient (Wildman–Crippen LogP) is 4.58. The number of aldehydes is 1. The topological polar surface area (TPSA) is 46.6 Å². The van der Waals surface area contributed by atoms with Crippen LogP contribution in [0.1, 0.15) is 62.4 Å². The summed E-state index contributed by atoms with van der Waals surface area (Å²) >= 11 is 0. The molecule has 1 saturated heterocycles. The first-order valence-corrected chi connectivity index (χ1v) is 8.76. The summed E-state index contributed by atoms with van der Waals surface area (Å²) in [6.07, 6.45) is 5.67. The number of ether oxygens (including phenoxy) is 1. The predicted molar refractivity (Wildman–Crippen MR) is 93.9 cm³/mol. The van der Waals surface area contributed by atoms with E-state index in [0.29, 0.717) is 18.3 Å². The normalized spacial score (nSPS) is 23.0. The van der Waals surface area contributed by atoms with Crippen LogP contribution in [0.4, 0.5) is 9.18 Å². The molecule has 2 atom stereocenters. The summed E-state index contributed by atoms with van der Waals surface area (Å²) in [6, 6.07) is 4.65. The number of benzene rings is 1. The Labute approximate surface area is 147 Å². The van der Waals surface area contributed by atoms with Crippen molar-refractivity contribution in [3.05, 3.63) is 41.2 Å². The van der Waals surface area contributed by atoms with E-state index in [9.17, 15) is 14.0 Å². The Kier molecular flexibility index (Phi) is 4.67. The zero-order chi connectivity index (χ0) is 18.2. The molecule has 0 aromatic heterocycles. The van der Waals surface area contributed by atoms with Gasteiger partial charge in [-0.1, -0.05) is 18.2 Å². The van der Waals surface area contributed by atoms with Gasteiger partial charge in [0.25, 0.3) is 0 Å². The lowest BCUT2D eigenvalue weighted by molar-refractivity contribution is 0.0000673. The largest absolute Gasteiger partial charge is 0.444 e. The molecule has 5 heteroatoms. The maximum Gasteiger partial charge on any atom is 0.411 e. The quantitative estimate of drug-likeness (QED) is 0.737. The number of nitrogens with zero attached hydrogens (tertiary/aromatic N) is 1. The molecule has 2 heterocycles. The first-order chi connectivity index (χ1) is 11.8. The van der Waals surface area contributed by atoms with E-state index in [1.165, 1.54) is 6.07 Å². The third-order valence-electron chi connectivity index (χ3n) is 4.76. The smallest absolute Gasteiger partial charge is 0.411 e. The van der Waals surface area contributed by atoms with Crippen molar-refractivity contribution in [3.8, 4) is 0 Å². The van der Waals surface area contributed by atoms with Crippen LogP contribution in [0.15, 0.2) is 24.3 Å². The Morgan fingerprint density at radius 1 is 1.32 bits per heavy atom. The summed E-state index contributed by atoms with van der Waals surface area (Å²) in [6.45, 7) is 5.57. The van der Waals surface area contributed by atoms with Gasteiger partial charge in [0.05, 0.1) is 11.6 Å². The molecule has 2 unspecified atom stereocenters. The monoisotopic (exact) mass is 345 g/mol. The summed E-state index contributed by atoms with van der Waals surface area (Å²) < 4.78 is 19.5. The molecule has 0 N–H and O–H groups in total. The molecule has 1 amide bonds. The van der Waals surface area contributed by atoms with E-state index >= 15 is 0 Å². The summed E-state index contributed by atoms with van der Waals surface area (Å²) in [5.41, 5.74) is 1.13. The molecule has 25 heavy (non-hydrogen) atoms. The van der Waals surface area contributed by atoms with Gasteiger partial charge in [-0.25, -0.2) is 9.18 Å². The van der Waals surface area contributed by atoms with Crippen molar-refractivity contribution in [1.82, 2.24) is 4.90 Å². The van der Waals surface area contributed by atoms with Crippen LogP contribution in [0.25, 0.3) is 5.57 Å². The number of rotatable bonds is 2. The lowest BCUT2D eigenvalue weighted by atomic mass is 9.82. The molecule has 1 fully saturated rings. The Balaban J connectivity index is 1.93. The summed E-state index contributed by atoms with van der Waals surface area (Å²) in [7, 11) is 0. The Morgan fingerprint density at radius 3 is 2.72 bits per heavy atom. The van der Waals surface area contributed by atoms with Crippen molar-refractivity contribution >= 4 is 18.0 Å². The molecule has 3 rings (SSSR count). The standard InChI is InChI=1S/C20H24FNO3/c1-20(2,3)25-19(24)22-14-6-4-7-15(22)11-13(10-14)16-8-5-9-18(21)17(16)12-23/h5,8-10,12,14-15H,4,6-7,11H2,1-3H3. The fourth-order valence-corrected chi connectivity index (χ4v) is 3.77. The third kappa shape index (κ3) is 3.60. The molecule has 1 aromatic carbocycles. The number of hydrogen-bond acceptors (Lipinski definition) is 3. The molecule has 0 saturated carbocycles. The molecule has 0 aliphatic carbocycles. The van der Waals surface area contributed by atoms with Crippen LogP contribution in [-0.4, -0.2) is 35.0 Å².